The van der Waals surface area contributed by atoms with Crippen LogP contribution < -0.4 is 20.7 Å². The van der Waals surface area contributed by atoms with Crippen LogP contribution in [0.3, 0.4) is 0 Å². The van der Waals surface area contributed by atoms with Gasteiger partial charge in [-0.15, -0.1) is 5.10 Å². The quantitative estimate of drug-likeness (QED) is 0.225. The molecule has 2 aromatic rings. The van der Waals surface area contributed by atoms with Crippen LogP contribution in [0.4, 0.5) is 0 Å². The summed E-state index contributed by atoms with van der Waals surface area (Å²) in [5.74, 6) is 0.233. The van der Waals surface area contributed by atoms with Crippen LogP contribution in [-0.4, -0.2) is 39.1 Å². The fraction of sp³-hybridized carbons (Fsp3) is 0.643. The number of nitrogens with zero attached hydrogens (tertiary/aromatic N) is 3. The maximum absolute atomic E-state index is 12.8. The molecule has 1 heterocycles. The molecule has 0 fully saturated rings. The molecule has 0 amide bonds. The third kappa shape index (κ3) is 9.37. The minimum absolute atomic E-state index is 0.000806. The molecule has 0 atom stereocenters. The van der Waals surface area contributed by atoms with Crippen molar-refractivity contribution in [3.05, 3.63) is 50.7 Å². The van der Waals surface area contributed by atoms with Gasteiger partial charge in [-0.05, 0) is 77.0 Å². The summed E-state index contributed by atoms with van der Waals surface area (Å²) in [5.41, 5.74) is -0.764. The standard InChI is InChI=1S/C28H43N3O6/c1-6-9-18-30-25(32)24(29-31(27(30)34)19-10-7-2)36-20-13-11-12-15-22-16-14-17-23(21-22)37-28(4,5)26(33)35-8-3/h14,16-17,21H,6-13,15,18-20H2,1-5H3. The highest BCUT2D eigenvalue weighted by molar-refractivity contribution is 5.79. The summed E-state index contributed by atoms with van der Waals surface area (Å²) in [7, 11) is 0. The van der Waals surface area contributed by atoms with Gasteiger partial charge in [0.15, 0.2) is 5.60 Å². The topological polar surface area (TPSA) is 102 Å². The van der Waals surface area contributed by atoms with E-state index >= 15 is 0 Å². The lowest BCUT2D eigenvalue weighted by Gasteiger charge is -2.24. The second-order valence-corrected chi connectivity index (χ2v) is 9.61. The Bertz CT molecular complexity index is 1110. The van der Waals surface area contributed by atoms with E-state index in [1.165, 1.54) is 9.25 Å². The Balaban J connectivity index is 1.89. The molecule has 0 radical (unpaired) electrons. The van der Waals surface area contributed by atoms with Crippen molar-refractivity contribution < 1.29 is 19.0 Å². The van der Waals surface area contributed by atoms with E-state index in [2.05, 4.69) is 5.10 Å². The molecule has 1 aromatic carbocycles. The van der Waals surface area contributed by atoms with Gasteiger partial charge in [-0.25, -0.2) is 14.3 Å². The van der Waals surface area contributed by atoms with Crippen molar-refractivity contribution in [1.29, 1.82) is 0 Å². The zero-order valence-electron chi connectivity index (χ0n) is 23.1. The van der Waals surface area contributed by atoms with Crippen LogP contribution in [-0.2, 0) is 29.0 Å². The molecular formula is C28H43N3O6. The van der Waals surface area contributed by atoms with E-state index in [0.717, 1.165) is 56.9 Å². The lowest BCUT2D eigenvalue weighted by molar-refractivity contribution is -0.158. The van der Waals surface area contributed by atoms with Gasteiger partial charge in [0.05, 0.1) is 13.2 Å². The lowest BCUT2D eigenvalue weighted by atomic mass is 10.1. The number of aryl methyl sites for hydroxylation is 2. The number of esters is 1. The van der Waals surface area contributed by atoms with Crippen LogP contribution >= 0.6 is 0 Å². The minimum atomic E-state index is -1.06. The molecule has 0 saturated heterocycles. The maximum atomic E-state index is 12.8. The number of aromatic nitrogens is 3. The fourth-order valence-corrected chi connectivity index (χ4v) is 3.78. The molecular weight excluding hydrogens is 474 g/mol. The first-order valence-corrected chi connectivity index (χ1v) is 13.5. The van der Waals surface area contributed by atoms with E-state index in [9.17, 15) is 14.4 Å². The molecule has 0 N–H and O–H groups in total. The SMILES string of the molecule is CCCCn1nc(OCCCCCc2cccc(OC(C)(C)C(=O)OCC)c2)c(=O)n(CCCC)c1=O. The predicted molar refractivity (Wildman–Crippen MR) is 143 cm³/mol. The van der Waals surface area contributed by atoms with Gasteiger partial charge in [-0.2, -0.15) is 0 Å². The Morgan fingerprint density at radius 3 is 2.41 bits per heavy atom. The molecule has 2 rings (SSSR count). The zero-order valence-corrected chi connectivity index (χ0v) is 23.1. The average Bonchev–Trinajstić information content (AvgIpc) is 2.86. The van der Waals surface area contributed by atoms with Crippen molar-refractivity contribution in [3.8, 4) is 11.6 Å². The molecule has 0 saturated carbocycles. The normalized spacial score (nSPS) is 11.4. The summed E-state index contributed by atoms with van der Waals surface area (Å²) < 4.78 is 19.3. The van der Waals surface area contributed by atoms with Crippen molar-refractivity contribution >= 4 is 5.97 Å². The fourth-order valence-electron chi connectivity index (χ4n) is 3.78. The van der Waals surface area contributed by atoms with Crippen LogP contribution in [0.1, 0.15) is 85.1 Å². The molecule has 0 bridgehead atoms. The third-order valence-electron chi connectivity index (χ3n) is 5.94. The summed E-state index contributed by atoms with van der Waals surface area (Å²) in [5, 5.41) is 4.21. The van der Waals surface area contributed by atoms with E-state index in [4.69, 9.17) is 14.2 Å². The summed E-state index contributed by atoms with van der Waals surface area (Å²) >= 11 is 0. The van der Waals surface area contributed by atoms with E-state index in [0.29, 0.717) is 32.1 Å². The van der Waals surface area contributed by atoms with Crippen molar-refractivity contribution in [3.63, 3.8) is 0 Å². The summed E-state index contributed by atoms with van der Waals surface area (Å²) in [6.45, 7) is 10.7. The number of rotatable bonds is 17. The molecule has 0 spiro atoms. The Morgan fingerprint density at radius 1 is 0.973 bits per heavy atom. The minimum Gasteiger partial charge on any atom is -0.476 e. The molecule has 0 unspecified atom stereocenters. The second-order valence-electron chi connectivity index (χ2n) is 9.61. The van der Waals surface area contributed by atoms with Crippen LogP contribution in [0.15, 0.2) is 33.9 Å². The number of hydrogen-bond donors (Lipinski definition) is 0. The average molecular weight is 518 g/mol. The lowest BCUT2D eigenvalue weighted by Crippen LogP contribution is -2.42. The summed E-state index contributed by atoms with van der Waals surface area (Å²) in [4.78, 5) is 37.5. The Labute approximate surface area is 219 Å². The van der Waals surface area contributed by atoms with Gasteiger partial charge in [0.1, 0.15) is 5.75 Å². The largest absolute Gasteiger partial charge is 0.476 e. The number of unbranched alkanes of at least 4 members (excludes halogenated alkanes) is 4. The zero-order chi connectivity index (χ0) is 27.3. The Hall–Kier alpha value is -3.10. The van der Waals surface area contributed by atoms with E-state index in [1.54, 1.807) is 20.8 Å². The van der Waals surface area contributed by atoms with E-state index < -0.39 is 17.1 Å². The monoisotopic (exact) mass is 517 g/mol. The maximum Gasteiger partial charge on any atom is 0.349 e. The van der Waals surface area contributed by atoms with E-state index in [1.807, 2.05) is 38.1 Å². The van der Waals surface area contributed by atoms with Crippen molar-refractivity contribution in [2.24, 2.45) is 0 Å². The number of hydrogen-bond acceptors (Lipinski definition) is 7. The predicted octanol–water partition coefficient (Wildman–Crippen LogP) is 4.52. The number of benzene rings is 1. The molecule has 0 aliphatic heterocycles. The van der Waals surface area contributed by atoms with Gasteiger partial charge < -0.3 is 14.2 Å². The van der Waals surface area contributed by atoms with Gasteiger partial charge in [-0.3, -0.25) is 9.36 Å². The number of carbonyl (C=O) groups is 1. The van der Waals surface area contributed by atoms with Crippen molar-refractivity contribution in [1.82, 2.24) is 14.3 Å². The molecule has 0 aliphatic rings. The van der Waals surface area contributed by atoms with Gasteiger partial charge >= 0.3 is 17.2 Å². The van der Waals surface area contributed by atoms with Gasteiger partial charge in [0, 0.05) is 13.1 Å². The molecule has 206 valence electrons. The van der Waals surface area contributed by atoms with Gasteiger partial charge in [0.25, 0.3) is 5.88 Å². The van der Waals surface area contributed by atoms with Gasteiger partial charge in [-0.1, -0.05) is 38.8 Å². The van der Waals surface area contributed by atoms with Crippen LogP contribution in [0.2, 0.25) is 0 Å². The van der Waals surface area contributed by atoms with Gasteiger partial charge in [0.2, 0.25) is 0 Å². The van der Waals surface area contributed by atoms with Crippen LogP contribution in [0.5, 0.6) is 11.6 Å². The highest BCUT2D eigenvalue weighted by Crippen LogP contribution is 2.22. The second kappa shape index (κ2) is 15.2. The number of ether oxygens (including phenoxy) is 3. The van der Waals surface area contributed by atoms with Crippen LogP contribution in [0, 0.1) is 0 Å². The highest BCUT2D eigenvalue weighted by Gasteiger charge is 2.31. The summed E-state index contributed by atoms with van der Waals surface area (Å²) in [6, 6.07) is 7.72. The molecule has 0 aliphatic carbocycles. The molecule has 9 heteroatoms. The molecule has 1 aromatic heterocycles. The first-order valence-electron chi connectivity index (χ1n) is 13.5. The Morgan fingerprint density at radius 2 is 1.70 bits per heavy atom. The Kier molecular flexibility index (Phi) is 12.4. The summed E-state index contributed by atoms with van der Waals surface area (Å²) in [6.07, 6.45) is 6.81. The van der Waals surface area contributed by atoms with E-state index in [-0.39, 0.29) is 11.6 Å². The smallest absolute Gasteiger partial charge is 0.349 e. The number of carbonyl (C=O) groups excluding carboxylic acids is 1. The van der Waals surface area contributed by atoms with Crippen molar-refractivity contribution in [2.75, 3.05) is 13.2 Å². The molecule has 9 nitrogen and oxygen atoms in total. The first kappa shape index (κ1) is 30.1. The first-order chi connectivity index (χ1) is 17.7. The van der Waals surface area contributed by atoms with Crippen LogP contribution in [0.25, 0.3) is 0 Å². The molecule has 37 heavy (non-hydrogen) atoms. The highest BCUT2D eigenvalue weighted by atomic mass is 16.6. The third-order valence-corrected chi connectivity index (χ3v) is 5.94. The van der Waals surface area contributed by atoms with Crippen molar-refractivity contribution in [2.45, 2.75) is 105 Å².